The Morgan fingerprint density at radius 2 is 2.00 bits per heavy atom. The lowest BCUT2D eigenvalue weighted by Gasteiger charge is -2.16. The third-order valence-corrected chi connectivity index (χ3v) is 4.96. The number of carboxylic acids is 1. The monoisotopic (exact) mass is 476 g/mol. The second kappa shape index (κ2) is 14.3. The van der Waals surface area contributed by atoms with E-state index in [-0.39, 0.29) is 37.5 Å². The number of ether oxygens (including phenoxy) is 1. The number of benzene rings is 1. The Morgan fingerprint density at radius 1 is 1.24 bits per heavy atom. The molecular formula is C22H32N6O6. The first-order chi connectivity index (χ1) is 16.3. The molecule has 1 unspecified atom stereocenters. The van der Waals surface area contributed by atoms with Crippen molar-refractivity contribution in [3.8, 4) is 0 Å². The highest BCUT2D eigenvalue weighted by molar-refractivity contribution is 5.85. The van der Waals surface area contributed by atoms with Gasteiger partial charge in [0.1, 0.15) is 18.8 Å². The minimum Gasteiger partial charge on any atom is -0.480 e. The van der Waals surface area contributed by atoms with Gasteiger partial charge in [0.05, 0.1) is 5.71 Å². The van der Waals surface area contributed by atoms with Crippen molar-refractivity contribution in [3.63, 3.8) is 0 Å². The number of aliphatic carboxylic acids is 1. The summed E-state index contributed by atoms with van der Waals surface area (Å²) in [4.78, 5) is 44.7. The van der Waals surface area contributed by atoms with Crippen molar-refractivity contribution in [2.24, 2.45) is 21.6 Å². The van der Waals surface area contributed by atoms with Gasteiger partial charge in [0.15, 0.2) is 5.96 Å². The standard InChI is InChI=1S/C22H32N6O6/c23-21(24)25-11-5-4-8-16-12-17(34-28-16)9-10-19(29)26-13-18(20(30)31)27-22(32)33-14-15-6-2-1-3-7-15/h1-3,6-7,17-18H,4-5,8-14H2,(H,26,29)(H,27,32)(H,30,31)(H4,23,24,25)/t17?,18-/m0/s1. The maximum absolute atomic E-state index is 12.1. The SMILES string of the molecule is NC(N)=NCCCCC1=NOC(CCC(=O)NC[C@H](NC(=O)OCc2ccccc2)C(=O)O)C1. The highest BCUT2D eigenvalue weighted by atomic mass is 16.6. The summed E-state index contributed by atoms with van der Waals surface area (Å²) in [5, 5.41) is 18.1. The van der Waals surface area contributed by atoms with E-state index >= 15 is 0 Å². The van der Waals surface area contributed by atoms with Gasteiger partial charge >= 0.3 is 12.1 Å². The topological polar surface area (TPSA) is 191 Å². The van der Waals surface area contributed by atoms with Crippen LogP contribution in [0.15, 0.2) is 40.5 Å². The molecule has 1 heterocycles. The van der Waals surface area contributed by atoms with Crippen molar-refractivity contribution in [1.29, 1.82) is 0 Å². The molecule has 0 saturated carbocycles. The van der Waals surface area contributed by atoms with E-state index < -0.39 is 18.1 Å². The number of carbonyl (C=O) groups excluding carboxylic acids is 2. The molecule has 7 N–H and O–H groups in total. The molecule has 1 aliphatic rings. The molecule has 0 radical (unpaired) electrons. The van der Waals surface area contributed by atoms with Gasteiger partial charge in [-0.1, -0.05) is 35.5 Å². The predicted molar refractivity (Wildman–Crippen MR) is 125 cm³/mol. The van der Waals surface area contributed by atoms with Crippen LogP contribution in [-0.2, 0) is 25.8 Å². The van der Waals surface area contributed by atoms with E-state index in [2.05, 4.69) is 20.8 Å². The molecule has 2 amide bonds. The fraction of sp³-hybridized carbons (Fsp3) is 0.500. The third-order valence-electron chi connectivity index (χ3n) is 4.96. The van der Waals surface area contributed by atoms with Crippen LogP contribution in [0.1, 0.15) is 44.1 Å². The quantitative estimate of drug-likeness (QED) is 0.148. The molecule has 0 saturated heterocycles. The van der Waals surface area contributed by atoms with Gasteiger partial charge in [-0.25, -0.2) is 9.59 Å². The van der Waals surface area contributed by atoms with Gasteiger partial charge in [0.2, 0.25) is 5.91 Å². The van der Waals surface area contributed by atoms with Gasteiger partial charge in [-0.15, -0.1) is 0 Å². The summed E-state index contributed by atoms with van der Waals surface area (Å²) in [7, 11) is 0. The number of nitrogens with two attached hydrogens (primary N) is 2. The minimum atomic E-state index is -1.32. The van der Waals surface area contributed by atoms with Gasteiger partial charge in [-0.2, -0.15) is 0 Å². The predicted octanol–water partition coefficient (Wildman–Crippen LogP) is 0.851. The number of nitrogens with zero attached hydrogens (tertiary/aromatic N) is 2. The maximum Gasteiger partial charge on any atom is 0.408 e. The van der Waals surface area contributed by atoms with Crippen molar-refractivity contribution >= 4 is 29.6 Å². The number of carbonyl (C=O) groups is 3. The van der Waals surface area contributed by atoms with Gasteiger partial charge < -0.3 is 36.8 Å². The number of hydrogen-bond donors (Lipinski definition) is 5. The Hall–Kier alpha value is -3.83. The molecule has 0 fully saturated rings. The van der Waals surface area contributed by atoms with Crippen LogP contribution in [0.25, 0.3) is 0 Å². The highest BCUT2D eigenvalue weighted by Gasteiger charge is 2.24. The average Bonchev–Trinajstić information content (AvgIpc) is 3.27. The van der Waals surface area contributed by atoms with E-state index in [1.54, 1.807) is 24.3 Å². The second-order valence-electron chi connectivity index (χ2n) is 7.79. The summed E-state index contributed by atoms with van der Waals surface area (Å²) in [5.41, 5.74) is 12.3. The number of amides is 2. The number of alkyl carbamates (subject to hydrolysis) is 1. The zero-order chi connectivity index (χ0) is 24.8. The Morgan fingerprint density at radius 3 is 2.71 bits per heavy atom. The fourth-order valence-electron chi connectivity index (χ4n) is 3.14. The van der Waals surface area contributed by atoms with Gasteiger partial charge in [-0.3, -0.25) is 9.79 Å². The summed E-state index contributed by atoms with van der Waals surface area (Å²) in [6, 6.07) is 7.67. The zero-order valence-corrected chi connectivity index (χ0v) is 18.9. The molecule has 34 heavy (non-hydrogen) atoms. The molecule has 1 aromatic carbocycles. The van der Waals surface area contributed by atoms with Gasteiger partial charge in [-0.05, 0) is 31.2 Å². The highest BCUT2D eigenvalue weighted by Crippen LogP contribution is 2.18. The van der Waals surface area contributed by atoms with Crippen molar-refractivity contribution in [2.45, 2.75) is 57.3 Å². The summed E-state index contributed by atoms with van der Waals surface area (Å²) in [5.74, 6) is -1.55. The molecule has 2 rings (SSSR count). The summed E-state index contributed by atoms with van der Waals surface area (Å²) >= 11 is 0. The minimum absolute atomic E-state index is 0.00703. The smallest absolute Gasteiger partial charge is 0.408 e. The molecule has 12 heteroatoms. The third kappa shape index (κ3) is 10.7. The Kier molecular flexibility index (Phi) is 11.1. The average molecular weight is 477 g/mol. The normalized spacial score (nSPS) is 15.4. The van der Waals surface area contributed by atoms with E-state index in [1.165, 1.54) is 0 Å². The summed E-state index contributed by atoms with van der Waals surface area (Å²) in [6.45, 7) is 0.307. The van der Waals surface area contributed by atoms with Crippen LogP contribution in [0.3, 0.4) is 0 Å². The van der Waals surface area contributed by atoms with Crippen molar-refractivity contribution < 1.29 is 29.1 Å². The number of aliphatic imine (C=N–C) groups is 1. The van der Waals surface area contributed by atoms with Crippen molar-refractivity contribution in [1.82, 2.24) is 10.6 Å². The van der Waals surface area contributed by atoms with Crippen molar-refractivity contribution in [2.75, 3.05) is 13.1 Å². The maximum atomic E-state index is 12.1. The van der Waals surface area contributed by atoms with Crippen LogP contribution in [0.5, 0.6) is 0 Å². The zero-order valence-electron chi connectivity index (χ0n) is 18.9. The van der Waals surface area contributed by atoms with E-state index in [9.17, 15) is 19.5 Å². The van der Waals surface area contributed by atoms with Crippen LogP contribution < -0.4 is 22.1 Å². The lowest BCUT2D eigenvalue weighted by Crippen LogP contribution is -2.48. The first-order valence-corrected chi connectivity index (χ1v) is 11.1. The van der Waals surface area contributed by atoms with Crippen LogP contribution in [0, 0.1) is 0 Å². The van der Waals surface area contributed by atoms with Crippen LogP contribution in [0.2, 0.25) is 0 Å². The number of carboxylic acid groups (broad SMARTS) is 1. The number of nitrogens with one attached hydrogen (secondary N) is 2. The summed E-state index contributed by atoms with van der Waals surface area (Å²) in [6.07, 6.45) is 2.64. The Balaban J connectivity index is 1.61. The lowest BCUT2D eigenvalue weighted by molar-refractivity contribution is -0.139. The molecule has 0 bridgehead atoms. The van der Waals surface area contributed by atoms with E-state index in [4.69, 9.17) is 21.0 Å². The fourth-order valence-corrected chi connectivity index (χ4v) is 3.14. The number of oxime groups is 1. The van der Waals surface area contributed by atoms with Crippen molar-refractivity contribution in [3.05, 3.63) is 35.9 Å². The van der Waals surface area contributed by atoms with E-state index in [0.29, 0.717) is 19.4 Å². The molecule has 1 aliphatic heterocycles. The molecular weight excluding hydrogens is 444 g/mol. The number of unbranched alkanes of at least 4 members (excludes halogenated alkanes) is 1. The second-order valence-corrected chi connectivity index (χ2v) is 7.79. The van der Waals surface area contributed by atoms with E-state index in [1.807, 2.05) is 6.07 Å². The Bertz CT molecular complexity index is 872. The van der Waals surface area contributed by atoms with Crippen LogP contribution in [0.4, 0.5) is 4.79 Å². The van der Waals surface area contributed by atoms with Crippen LogP contribution >= 0.6 is 0 Å². The first-order valence-electron chi connectivity index (χ1n) is 11.1. The molecule has 2 atom stereocenters. The number of guanidine groups is 1. The largest absolute Gasteiger partial charge is 0.480 e. The lowest BCUT2D eigenvalue weighted by atomic mass is 10.0. The molecule has 0 aromatic heterocycles. The Labute approximate surface area is 197 Å². The first kappa shape index (κ1) is 26.4. The molecule has 0 spiro atoms. The van der Waals surface area contributed by atoms with Crippen LogP contribution in [-0.4, -0.2) is 60.0 Å². The molecule has 0 aliphatic carbocycles. The van der Waals surface area contributed by atoms with Gasteiger partial charge in [0.25, 0.3) is 0 Å². The molecule has 186 valence electrons. The number of rotatable bonds is 14. The summed E-state index contributed by atoms with van der Waals surface area (Å²) < 4.78 is 5.02. The molecule has 1 aromatic rings. The van der Waals surface area contributed by atoms with E-state index in [0.717, 1.165) is 30.5 Å². The van der Waals surface area contributed by atoms with Gasteiger partial charge in [0, 0.05) is 25.9 Å². The molecule has 12 nitrogen and oxygen atoms in total. The number of hydrogen-bond acceptors (Lipinski definition) is 7.